The average molecular weight is 252 g/mol. The standard InChI is InChI=1S/CN8O8/c10-6(11)2-1(3(2)7(12)13)4(8(14)15)5(1)9(16)17. The Hall–Kier alpha value is -3.20. The molecule has 16 heteroatoms. The van der Waals surface area contributed by atoms with Crippen molar-refractivity contribution >= 4 is 0 Å². The van der Waals surface area contributed by atoms with E-state index in [0.29, 0.717) is 0 Å². The van der Waals surface area contributed by atoms with E-state index in [1.54, 1.807) is 0 Å². The fourth-order valence-electron chi connectivity index (χ4n) is 1.40. The van der Waals surface area contributed by atoms with E-state index in [4.69, 9.17) is 0 Å². The van der Waals surface area contributed by atoms with Gasteiger partial charge < -0.3 is 0 Å². The molecule has 0 unspecified atom stereocenters. The lowest BCUT2D eigenvalue weighted by Gasteiger charge is -1.81. The highest BCUT2D eigenvalue weighted by molar-refractivity contribution is 4.93. The lowest BCUT2D eigenvalue weighted by Crippen LogP contribution is -2.19. The van der Waals surface area contributed by atoms with E-state index in [-0.39, 0.29) is 20.5 Å². The number of hydrazine groups is 6. The van der Waals surface area contributed by atoms with Gasteiger partial charge >= 0.3 is 5.91 Å². The normalized spacial score (nSPS) is 19.3. The molecule has 0 bridgehead atoms. The van der Waals surface area contributed by atoms with Gasteiger partial charge in [-0.3, -0.25) is 0 Å². The summed E-state index contributed by atoms with van der Waals surface area (Å²) in [7, 11) is 0. The van der Waals surface area contributed by atoms with Crippen molar-refractivity contribution in [1.82, 2.24) is 20.5 Å². The van der Waals surface area contributed by atoms with Gasteiger partial charge in [-0.1, -0.05) is 0 Å². The summed E-state index contributed by atoms with van der Waals surface area (Å²) in [5.41, 5.74) is 0. The molecular weight excluding hydrogens is 252 g/mol. The predicted octanol–water partition coefficient (Wildman–Crippen LogP) is -2.57. The molecule has 0 radical (unpaired) electrons. The Kier molecular flexibility index (Phi) is 1.51. The lowest BCUT2D eigenvalue weighted by atomic mass is 10.9. The fourth-order valence-corrected chi connectivity index (χ4v) is 1.40. The van der Waals surface area contributed by atoms with Crippen molar-refractivity contribution < 1.29 is 20.1 Å². The summed E-state index contributed by atoms with van der Waals surface area (Å²) >= 11 is 0. The molecule has 0 atom stereocenters. The van der Waals surface area contributed by atoms with Gasteiger partial charge in [0.2, 0.25) is 0 Å². The molecule has 0 aliphatic carbocycles. The topological polar surface area (TPSA) is 185 Å². The van der Waals surface area contributed by atoms with Crippen LogP contribution in [0.25, 0.3) is 0 Å². The van der Waals surface area contributed by atoms with Crippen LogP contribution in [-0.2, 0) is 0 Å². The van der Waals surface area contributed by atoms with Gasteiger partial charge in [0.25, 0.3) is 0 Å². The van der Waals surface area contributed by atoms with Gasteiger partial charge in [0.05, 0.1) is 0 Å². The summed E-state index contributed by atoms with van der Waals surface area (Å²) in [6.45, 7) is 0. The molecule has 0 aromatic carbocycles. The average Bonchev–Trinajstić information content (AvgIpc) is 3.00. The van der Waals surface area contributed by atoms with Crippen LogP contribution in [0.15, 0.2) is 0 Å². The van der Waals surface area contributed by atoms with Crippen molar-refractivity contribution in [1.29, 1.82) is 0 Å². The first-order valence-electron chi connectivity index (χ1n) is 3.56. The Labute approximate surface area is 88.2 Å². The molecule has 92 valence electrons. The zero-order chi connectivity index (χ0) is 13.1. The van der Waals surface area contributed by atoms with Crippen LogP contribution in [0.4, 0.5) is 0 Å². The van der Waals surface area contributed by atoms with Crippen LogP contribution in [-0.4, -0.2) is 46.5 Å². The maximum Gasteiger partial charge on any atom is 0.585 e. The Bertz CT molecular complexity index is 371. The number of hydrogen-bond acceptors (Lipinski definition) is 8. The van der Waals surface area contributed by atoms with Crippen LogP contribution >= 0.6 is 0 Å². The third-order valence-corrected chi connectivity index (χ3v) is 1.97. The monoisotopic (exact) mass is 252 g/mol. The summed E-state index contributed by atoms with van der Waals surface area (Å²) in [5.74, 6) is -2.71. The highest BCUT2D eigenvalue weighted by Crippen LogP contribution is 2.57. The highest BCUT2D eigenvalue weighted by atomic mass is 16.8. The third-order valence-electron chi connectivity index (χ3n) is 1.97. The molecule has 0 saturated carbocycles. The molecule has 0 aromatic rings. The maximum absolute atomic E-state index is 10.4. The van der Waals surface area contributed by atoms with Crippen LogP contribution in [0.2, 0.25) is 0 Å². The van der Waals surface area contributed by atoms with Crippen molar-refractivity contribution in [3.63, 3.8) is 0 Å². The first-order chi connectivity index (χ1) is 7.77. The van der Waals surface area contributed by atoms with E-state index in [1.807, 2.05) is 0 Å². The van der Waals surface area contributed by atoms with E-state index >= 15 is 0 Å². The van der Waals surface area contributed by atoms with Gasteiger partial charge in [-0.25, -0.2) is 40.5 Å². The Morgan fingerprint density at radius 1 is 0.588 bits per heavy atom. The van der Waals surface area contributed by atoms with Crippen molar-refractivity contribution in [3.8, 4) is 0 Å². The number of hydrogen-bond donors (Lipinski definition) is 0. The molecule has 2 saturated heterocycles. The second-order valence-corrected chi connectivity index (χ2v) is 2.71. The molecule has 0 amide bonds. The summed E-state index contributed by atoms with van der Waals surface area (Å²) < 4.78 is 0. The molecule has 0 N–H and O–H groups in total. The first-order valence-corrected chi connectivity index (χ1v) is 3.56. The molecule has 2 fully saturated rings. The minimum atomic E-state index is -2.71. The smallest absolute Gasteiger partial charge is 0.233 e. The van der Waals surface area contributed by atoms with E-state index in [0.717, 1.165) is 0 Å². The molecule has 16 nitrogen and oxygen atoms in total. The molecule has 2 heterocycles. The van der Waals surface area contributed by atoms with Gasteiger partial charge in [0.15, 0.2) is 20.1 Å². The summed E-state index contributed by atoms with van der Waals surface area (Å²) in [5, 5.41) is 34.5. The van der Waals surface area contributed by atoms with Crippen LogP contribution in [0, 0.1) is 40.5 Å². The molecule has 1 spiro atoms. The lowest BCUT2D eigenvalue weighted by molar-refractivity contribution is -0.738. The minimum Gasteiger partial charge on any atom is -0.233 e. The number of nitrogens with zero attached hydrogens (tertiary/aromatic N) is 8. The van der Waals surface area contributed by atoms with E-state index in [2.05, 4.69) is 0 Å². The molecule has 0 aromatic heterocycles. The Balaban J connectivity index is 2.38. The second kappa shape index (κ2) is 2.48. The van der Waals surface area contributed by atoms with Gasteiger partial charge in [-0.05, 0) is 0 Å². The van der Waals surface area contributed by atoms with Gasteiger partial charge in [-0.15, -0.1) is 0 Å². The Morgan fingerprint density at radius 3 is 0.882 bits per heavy atom. The molecular formula is CN8O8. The van der Waals surface area contributed by atoms with Crippen molar-refractivity contribution in [3.05, 3.63) is 40.5 Å². The van der Waals surface area contributed by atoms with E-state index in [1.165, 1.54) is 0 Å². The van der Waals surface area contributed by atoms with Crippen LogP contribution in [0.3, 0.4) is 0 Å². The maximum atomic E-state index is 10.4. The molecule has 2 aliphatic heterocycles. The van der Waals surface area contributed by atoms with E-state index in [9.17, 15) is 40.5 Å². The SMILES string of the molecule is O=[N+]([O-])N1N([N+](=O)[O-])C12N([N+](=O)[O-])N2[N+](=O)[O-]. The Morgan fingerprint density at radius 2 is 0.765 bits per heavy atom. The van der Waals surface area contributed by atoms with Gasteiger partial charge in [0.1, 0.15) is 20.5 Å². The predicted molar refractivity (Wildman–Crippen MR) is 38.1 cm³/mol. The molecule has 2 aliphatic rings. The van der Waals surface area contributed by atoms with Crippen LogP contribution < -0.4 is 0 Å². The summed E-state index contributed by atoms with van der Waals surface area (Å²) in [6.07, 6.45) is 0. The fraction of sp³-hybridized carbons (Fsp3) is 1.00. The highest BCUT2D eigenvalue weighted by Gasteiger charge is 3.12. The molecule has 2 rings (SSSR count). The van der Waals surface area contributed by atoms with Crippen molar-refractivity contribution in [2.24, 2.45) is 0 Å². The zero-order valence-electron chi connectivity index (χ0n) is 7.34. The zero-order valence-corrected chi connectivity index (χ0v) is 7.34. The van der Waals surface area contributed by atoms with Crippen molar-refractivity contribution in [2.75, 3.05) is 0 Å². The number of nitro groups is 4. The van der Waals surface area contributed by atoms with Crippen LogP contribution in [0.5, 0.6) is 0 Å². The van der Waals surface area contributed by atoms with E-state index < -0.39 is 26.0 Å². The molecule has 17 heavy (non-hydrogen) atoms. The quantitative estimate of drug-likeness (QED) is 0.289. The van der Waals surface area contributed by atoms with Gasteiger partial charge in [-0.2, -0.15) is 0 Å². The minimum absolute atomic E-state index is 0.349. The van der Waals surface area contributed by atoms with Crippen molar-refractivity contribution in [2.45, 2.75) is 5.91 Å². The number of rotatable bonds is 4. The van der Waals surface area contributed by atoms with Crippen LogP contribution in [0.1, 0.15) is 0 Å². The summed E-state index contributed by atoms with van der Waals surface area (Å²) in [6, 6.07) is 0. The first kappa shape index (κ1) is 10.3. The second-order valence-electron chi connectivity index (χ2n) is 2.71. The largest absolute Gasteiger partial charge is 0.585 e. The summed E-state index contributed by atoms with van der Waals surface area (Å²) in [4.78, 5) is 41.4. The third kappa shape index (κ3) is 0.897. The van der Waals surface area contributed by atoms with Gasteiger partial charge in [0, 0.05) is 0 Å².